The SMILES string of the molecule is COc1ccc(-n2c(SCC(=O)NC3CC3)nc3sc4c(c3c2=O)CCCCC4)cc1. The van der Waals surface area contributed by atoms with Crippen molar-refractivity contribution in [1.29, 1.82) is 0 Å². The number of nitrogens with zero attached hydrogens (tertiary/aromatic N) is 2. The number of rotatable bonds is 6. The van der Waals surface area contributed by atoms with Crippen LogP contribution in [0.5, 0.6) is 5.75 Å². The molecular formula is C23H25N3O3S2. The number of ether oxygens (including phenoxy) is 1. The lowest BCUT2D eigenvalue weighted by Crippen LogP contribution is -2.28. The van der Waals surface area contributed by atoms with Crippen LogP contribution in [0.2, 0.25) is 0 Å². The Kier molecular flexibility index (Phi) is 5.75. The molecule has 0 radical (unpaired) electrons. The van der Waals surface area contributed by atoms with Crippen LogP contribution in [0.3, 0.4) is 0 Å². The maximum Gasteiger partial charge on any atom is 0.267 e. The third-order valence-electron chi connectivity index (χ3n) is 5.81. The van der Waals surface area contributed by atoms with Crippen LogP contribution in [-0.4, -0.2) is 34.4 Å². The summed E-state index contributed by atoms with van der Waals surface area (Å²) in [6.07, 6.45) is 7.53. The first-order valence-corrected chi connectivity index (χ1v) is 12.6. The number of fused-ring (bicyclic) bond motifs is 3. The summed E-state index contributed by atoms with van der Waals surface area (Å²) < 4.78 is 6.94. The Labute approximate surface area is 189 Å². The van der Waals surface area contributed by atoms with Gasteiger partial charge in [0.05, 0.1) is 23.9 Å². The van der Waals surface area contributed by atoms with Gasteiger partial charge in [-0.15, -0.1) is 11.3 Å². The maximum absolute atomic E-state index is 13.8. The van der Waals surface area contributed by atoms with E-state index < -0.39 is 0 Å². The third-order valence-corrected chi connectivity index (χ3v) is 7.94. The molecule has 0 aliphatic heterocycles. The third kappa shape index (κ3) is 4.23. The Morgan fingerprint density at radius 1 is 1.23 bits per heavy atom. The van der Waals surface area contributed by atoms with E-state index in [1.54, 1.807) is 23.0 Å². The van der Waals surface area contributed by atoms with Crippen molar-refractivity contribution in [1.82, 2.24) is 14.9 Å². The maximum atomic E-state index is 13.8. The fraction of sp³-hybridized carbons (Fsp3) is 0.435. The Morgan fingerprint density at radius 2 is 2.00 bits per heavy atom. The molecule has 2 aliphatic carbocycles. The molecule has 2 aliphatic rings. The van der Waals surface area contributed by atoms with E-state index in [1.165, 1.54) is 28.6 Å². The molecule has 1 amide bonds. The summed E-state index contributed by atoms with van der Waals surface area (Å²) in [6.45, 7) is 0. The van der Waals surface area contributed by atoms with Crippen molar-refractivity contribution in [2.75, 3.05) is 12.9 Å². The zero-order chi connectivity index (χ0) is 21.4. The first-order valence-electron chi connectivity index (χ1n) is 10.8. The van der Waals surface area contributed by atoms with Crippen molar-refractivity contribution in [3.05, 3.63) is 45.1 Å². The predicted octanol–water partition coefficient (Wildman–Crippen LogP) is 4.10. The molecule has 1 N–H and O–H groups in total. The van der Waals surface area contributed by atoms with Gasteiger partial charge in [-0.25, -0.2) is 4.98 Å². The van der Waals surface area contributed by atoms with E-state index in [2.05, 4.69) is 5.32 Å². The summed E-state index contributed by atoms with van der Waals surface area (Å²) >= 11 is 2.97. The first-order chi connectivity index (χ1) is 15.1. The molecule has 0 spiro atoms. The number of aryl methyl sites for hydroxylation is 2. The Bertz CT molecular complexity index is 1180. The van der Waals surface area contributed by atoms with E-state index in [9.17, 15) is 9.59 Å². The minimum atomic E-state index is -0.0420. The first kappa shape index (κ1) is 20.6. The van der Waals surface area contributed by atoms with Crippen LogP contribution < -0.4 is 15.6 Å². The summed E-state index contributed by atoms with van der Waals surface area (Å²) in [5, 5.41) is 4.32. The van der Waals surface area contributed by atoms with Crippen LogP contribution in [0, 0.1) is 0 Å². The largest absolute Gasteiger partial charge is 0.497 e. The second-order valence-electron chi connectivity index (χ2n) is 8.11. The van der Waals surface area contributed by atoms with E-state index in [0.717, 1.165) is 60.2 Å². The molecule has 0 unspecified atom stereocenters. The number of hydrogen-bond donors (Lipinski definition) is 1. The molecule has 1 fully saturated rings. The summed E-state index contributed by atoms with van der Waals surface area (Å²) in [6, 6.07) is 7.74. The molecule has 162 valence electrons. The highest BCUT2D eigenvalue weighted by Crippen LogP contribution is 2.34. The normalized spacial score (nSPS) is 16.0. The van der Waals surface area contributed by atoms with Gasteiger partial charge in [0, 0.05) is 10.9 Å². The zero-order valence-electron chi connectivity index (χ0n) is 17.5. The molecule has 0 atom stereocenters. The topological polar surface area (TPSA) is 73.2 Å². The number of carbonyl (C=O) groups is 1. The van der Waals surface area contributed by atoms with E-state index in [4.69, 9.17) is 9.72 Å². The van der Waals surface area contributed by atoms with Crippen molar-refractivity contribution >= 4 is 39.2 Å². The van der Waals surface area contributed by atoms with Gasteiger partial charge in [-0.2, -0.15) is 0 Å². The van der Waals surface area contributed by atoms with Crippen molar-refractivity contribution < 1.29 is 9.53 Å². The van der Waals surface area contributed by atoms with Gasteiger partial charge in [0.25, 0.3) is 5.56 Å². The number of carbonyl (C=O) groups excluding carboxylic acids is 1. The molecule has 0 saturated heterocycles. The number of benzene rings is 1. The lowest BCUT2D eigenvalue weighted by molar-refractivity contribution is -0.118. The molecule has 3 aromatic rings. The van der Waals surface area contributed by atoms with Crippen LogP contribution in [0.4, 0.5) is 0 Å². The highest BCUT2D eigenvalue weighted by molar-refractivity contribution is 7.99. The van der Waals surface area contributed by atoms with Crippen LogP contribution >= 0.6 is 23.1 Å². The second-order valence-corrected chi connectivity index (χ2v) is 10.1. The average Bonchev–Trinajstić information content (AvgIpc) is 3.56. The lowest BCUT2D eigenvalue weighted by Gasteiger charge is -2.13. The van der Waals surface area contributed by atoms with Crippen molar-refractivity contribution in [3.63, 3.8) is 0 Å². The summed E-state index contributed by atoms with van der Waals surface area (Å²) in [4.78, 5) is 33.0. The second kappa shape index (κ2) is 8.67. The van der Waals surface area contributed by atoms with E-state index in [-0.39, 0.29) is 17.2 Å². The number of thiophene rings is 1. The predicted molar refractivity (Wildman–Crippen MR) is 125 cm³/mol. The number of thioether (sulfide) groups is 1. The van der Waals surface area contributed by atoms with Crippen molar-refractivity contribution in [2.45, 2.75) is 56.1 Å². The summed E-state index contributed by atoms with van der Waals surface area (Å²) in [5.41, 5.74) is 1.87. The summed E-state index contributed by atoms with van der Waals surface area (Å²) in [7, 11) is 1.62. The highest BCUT2D eigenvalue weighted by Gasteiger charge is 2.25. The van der Waals surface area contributed by atoms with Crippen molar-refractivity contribution in [3.8, 4) is 11.4 Å². The van der Waals surface area contributed by atoms with Gasteiger partial charge in [0.15, 0.2) is 5.16 Å². The van der Waals surface area contributed by atoms with Gasteiger partial charge in [-0.1, -0.05) is 18.2 Å². The molecule has 31 heavy (non-hydrogen) atoms. The van der Waals surface area contributed by atoms with Crippen LogP contribution in [0.15, 0.2) is 34.2 Å². The van der Waals surface area contributed by atoms with Gasteiger partial charge in [0.1, 0.15) is 10.6 Å². The molecular weight excluding hydrogens is 430 g/mol. The average molecular weight is 456 g/mol. The Hall–Kier alpha value is -2.32. The molecule has 2 heterocycles. The molecule has 8 heteroatoms. The standard InChI is InChI=1S/C23H25N3O3S2/c1-29-16-11-9-15(10-12-16)26-22(28)20-17-5-3-2-4-6-18(17)31-21(20)25-23(26)30-13-19(27)24-14-7-8-14/h9-12,14H,2-8,13H2,1H3,(H,24,27). The fourth-order valence-corrected chi connectivity index (χ4v) is 6.17. The van der Waals surface area contributed by atoms with E-state index >= 15 is 0 Å². The van der Waals surface area contributed by atoms with Gasteiger partial charge in [-0.05, 0) is 68.4 Å². The number of methoxy groups -OCH3 is 1. The van der Waals surface area contributed by atoms with Gasteiger partial charge in [0.2, 0.25) is 5.91 Å². The highest BCUT2D eigenvalue weighted by atomic mass is 32.2. The Balaban J connectivity index is 1.60. The zero-order valence-corrected chi connectivity index (χ0v) is 19.1. The number of aromatic nitrogens is 2. The van der Waals surface area contributed by atoms with Gasteiger partial charge < -0.3 is 10.1 Å². The van der Waals surface area contributed by atoms with Crippen molar-refractivity contribution in [2.24, 2.45) is 0 Å². The number of hydrogen-bond acceptors (Lipinski definition) is 6. The van der Waals surface area contributed by atoms with Crippen LogP contribution in [0.25, 0.3) is 15.9 Å². The molecule has 1 aromatic carbocycles. The van der Waals surface area contributed by atoms with Crippen LogP contribution in [0.1, 0.15) is 42.5 Å². The molecule has 5 rings (SSSR count). The number of nitrogens with one attached hydrogen (secondary N) is 1. The molecule has 1 saturated carbocycles. The smallest absolute Gasteiger partial charge is 0.267 e. The van der Waals surface area contributed by atoms with Gasteiger partial charge >= 0.3 is 0 Å². The lowest BCUT2D eigenvalue weighted by atomic mass is 10.1. The van der Waals surface area contributed by atoms with E-state index in [1.807, 2.05) is 24.3 Å². The molecule has 0 bridgehead atoms. The monoisotopic (exact) mass is 455 g/mol. The quantitative estimate of drug-likeness (QED) is 0.344. The fourth-order valence-electron chi connectivity index (χ4n) is 4.05. The Morgan fingerprint density at radius 3 is 2.74 bits per heavy atom. The molecule has 2 aromatic heterocycles. The van der Waals surface area contributed by atoms with Crippen LogP contribution in [-0.2, 0) is 17.6 Å². The molecule has 6 nitrogen and oxygen atoms in total. The minimum Gasteiger partial charge on any atom is -0.497 e. The summed E-state index contributed by atoms with van der Waals surface area (Å²) in [5.74, 6) is 0.966. The number of amides is 1. The van der Waals surface area contributed by atoms with Gasteiger partial charge in [-0.3, -0.25) is 14.2 Å². The minimum absolute atomic E-state index is 0.00918. The van der Waals surface area contributed by atoms with E-state index in [0.29, 0.717) is 11.2 Å².